The number of H-pyrrole nitrogens is 2. The number of aromatic nitrogens is 3. The Labute approximate surface area is 198 Å². The Bertz CT molecular complexity index is 1570. The van der Waals surface area contributed by atoms with Crippen LogP contribution in [0.3, 0.4) is 0 Å². The van der Waals surface area contributed by atoms with Crippen LogP contribution in [0, 0.1) is 0 Å². The highest BCUT2D eigenvalue weighted by atomic mass is 32.1. The molecule has 3 aromatic heterocycles. The second kappa shape index (κ2) is 9.43. The van der Waals surface area contributed by atoms with Gasteiger partial charge >= 0.3 is 12.1 Å². The third kappa shape index (κ3) is 5.22. The maximum Gasteiger partial charge on any atom is 0.490 e. The number of anilines is 1. The van der Waals surface area contributed by atoms with E-state index >= 15 is 0 Å². The Kier molecular flexibility index (Phi) is 6.38. The van der Waals surface area contributed by atoms with E-state index in [2.05, 4.69) is 38.7 Å². The zero-order valence-electron chi connectivity index (χ0n) is 17.5. The van der Waals surface area contributed by atoms with Gasteiger partial charge in [0.2, 0.25) is 0 Å². The fraction of sp³-hybridized carbons (Fsp3) is 0.0435. The molecule has 5 rings (SSSR count). The SMILES string of the molecule is O=C(Nc1cc(-c2cc3ccccc3s2)c2[nH]ncc2c1)c1ccc[nH]c1=O.O=C(O)C(F)(F)F. The average molecular weight is 500 g/mol. The van der Waals surface area contributed by atoms with Crippen LogP contribution in [0.5, 0.6) is 0 Å². The third-order valence-corrected chi connectivity index (χ3v) is 5.95. The van der Waals surface area contributed by atoms with Gasteiger partial charge < -0.3 is 15.4 Å². The second-order valence-electron chi connectivity index (χ2n) is 7.18. The molecule has 0 aliphatic heterocycles. The highest BCUT2D eigenvalue weighted by Gasteiger charge is 2.38. The number of aromatic amines is 2. The van der Waals surface area contributed by atoms with E-state index in [-0.39, 0.29) is 5.56 Å². The molecule has 5 aromatic rings. The summed E-state index contributed by atoms with van der Waals surface area (Å²) < 4.78 is 32.9. The lowest BCUT2D eigenvalue weighted by atomic mass is 10.1. The summed E-state index contributed by atoms with van der Waals surface area (Å²) >= 11 is 1.68. The topological polar surface area (TPSA) is 128 Å². The highest BCUT2D eigenvalue weighted by Crippen LogP contribution is 2.38. The van der Waals surface area contributed by atoms with E-state index in [4.69, 9.17) is 9.90 Å². The van der Waals surface area contributed by atoms with E-state index < -0.39 is 23.6 Å². The number of aliphatic carboxylic acids is 1. The van der Waals surface area contributed by atoms with Crippen molar-refractivity contribution in [3.05, 3.63) is 82.9 Å². The summed E-state index contributed by atoms with van der Waals surface area (Å²) in [5.41, 5.74) is 2.11. The lowest BCUT2D eigenvalue weighted by molar-refractivity contribution is -0.192. The fourth-order valence-corrected chi connectivity index (χ4v) is 4.32. The van der Waals surface area contributed by atoms with Crippen LogP contribution in [-0.4, -0.2) is 38.3 Å². The van der Waals surface area contributed by atoms with Crippen LogP contribution < -0.4 is 10.9 Å². The highest BCUT2D eigenvalue weighted by molar-refractivity contribution is 7.22. The number of halogens is 3. The number of carbonyl (C=O) groups excluding carboxylic acids is 1. The maximum atomic E-state index is 12.5. The van der Waals surface area contributed by atoms with Crippen molar-refractivity contribution in [3.8, 4) is 10.4 Å². The zero-order chi connectivity index (χ0) is 25.2. The number of thiophene rings is 1. The van der Waals surface area contributed by atoms with E-state index in [9.17, 15) is 22.8 Å². The van der Waals surface area contributed by atoms with Crippen molar-refractivity contribution < 1.29 is 27.9 Å². The Morgan fingerprint density at radius 1 is 1.03 bits per heavy atom. The number of benzene rings is 2. The molecule has 1 amide bonds. The first-order chi connectivity index (χ1) is 16.6. The van der Waals surface area contributed by atoms with Gasteiger partial charge in [-0.2, -0.15) is 18.3 Å². The molecule has 3 heterocycles. The normalized spacial score (nSPS) is 11.2. The molecule has 2 aromatic carbocycles. The van der Waals surface area contributed by atoms with Gasteiger partial charge in [0.1, 0.15) is 5.56 Å². The first-order valence-electron chi connectivity index (χ1n) is 9.89. The second-order valence-corrected chi connectivity index (χ2v) is 8.26. The first kappa shape index (κ1) is 23.7. The molecule has 0 spiro atoms. The standard InChI is InChI=1S/C21H14N4O2S.C2HF3O2/c26-20-15(5-3-7-22-20)21(27)24-14-8-13-11-23-25-19(13)16(10-14)18-9-12-4-1-2-6-17(12)28-18;3-2(4,5)1(6)7/h1-11H,(H,22,26)(H,23,25)(H,24,27);(H,6,7). The molecule has 35 heavy (non-hydrogen) atoms. The number of nitrogens with zero attached hydrogens (tertiary/aromatic N) is 1. The Morgan fingerprint density at radius 2 is 1.77 bits per heavy atom. The Morgan fingerprint density at radius 3 is 2.46 bits per heavy atom. The molecule has 0 aliphatic carbocycles. The minimum Gasteiger partial charge on any atom is -0.475 e. The molecular formula is C23H15F3N4O4S. The molecule has 8 nitrogen and oxygen atoms in total. The minimum absolute atomic E-state index is 0.0678. The van der Waals surface area contributed by atoms with Crippen molar-refractivity contribution in [2.24, 2.45) is 0 Å². The molecule has 0 fully saturated rings. The summed E-state index contributed by atoms with van der Waals surface area (Å²) in [6.45, 7) is 0. The van der Waals surface area contributed by atoms with Gasteiger partial charge in [-0.15, -0.1) is 11.3 Å². The Balaban J connectivity index is 0.000000364. The number of hydrogen-bond donors (Lipinski definition) is 4. The fourth-order valence-electron chi connectivity index (χ4n) is 3.24. The smallest absolute Gasteiger partial charge is 0.475 e. The number of carbonyl (C=O) groups is 2. The number of pyridine rings is 1. The van der Waals surface area contributed by atoms with Gasteiger partial charge in [0.05, 0.1) is 11.7 Å². The van der Waals surface area contributed by atoms with E-state index in [1.165, 1.54) is 22.3 Å². The number of fused-ring (bicyclic) bond motifs is 2. The largest absolute Gasteiger partial charge is 0.490 e. The van der Waals surface area contributed by atoms with Gasteiger partial charge in [0, 0.05) is 32.4 Å². The number of carboxylic acids is 1. The van der Waals surface area contributed by atoms with Crippen LogP contribution in [0.25, 0.3) is 31.4 Å². The van der Waals surface area contributed by atoms with Gasteiger partial charge in [-0.3, -0.25) is 14.7 Å². The maximum absolute atomic E-state index is 12.5. The number of amides is 1. The number of rotatable bonds is 3. The average Bonchev–Trinajstić information content (AvgIpc) is 3.45. The Hall–Kier alpha value is -4.45. The number of hydrogen-bond acceptors (Lipinski definition) is 5. The van der Waals surface area contributed by atoms with Crippen LogP contribution in [0.15, 0.2) is 71.8 Å². The van der Waals surface area contributed by atoms with Crippen molar-refractivity contribution in [2.45, 2.75) is 6.18 Å². The van der Waals surface area contributed by atoms with Crippen LogP contribution >= 0.6 is 11.3 Å². The van der Waals surface area contributed by atoms with E-state index in [1.807, 2.05) is 24.3 Å². The first-order valence-corrected chi connectivity index (χ1v) is 10.7. The lowest BCUT2D eigenvalue weighted by Crippen LogP contribution is -2.22. The van der Waals surface area contributed by atoms with Crippen molar-refractivity contribution >= 4 is 49.9 Å². The predicted molar refractivity (Wildman–Crippen MR) is 126 cm³/mol. The van der Waals surface area contributed by atoms with Crippen molar-refractivity contribution in [1.29, 1.82) is 0 Å². The molecule has 0 radical (unpaired) electrons. The lowest BCUT2D eigenvalue weighted by Gasteiger charge is -2.08. The number of alkyl halides is 3. The molecule has 0 atom stereocenters. The zero-order valence-corrected chi connectivity index (χ0v) is 18.3. The van der Waals surface area contributed by atoms with E-state index in [0.29, 0.717) is 5.69 Å². The molecule has 0 saturated carbocycles. The van der Waals surface area contributed by atoms with Crippen LogP contribution in [-0.2, 0) is 4.79 Å². The molecule has 0 aliphatic rings. The summed E-state index contributed by atoms with van der Waals surface area (Å²) in [6, 6.07) is 17.2. The molecule has 0 unspecified atom stereocenters. The van der Waals surface area contributed by atoms with Crippen LogP contribution in [0.2, 0.25) is 0 Å². The molecule has 12 heteroatoms. The van der Waals surface area contributed by atoms with Crippen molar-refractivity contribution in [3.63, 3.8) is 0 Å². The van der Waals surface area contributed by atoms with Gasteiger partial charge in [-0.1, -0.05) is 18.2 Å². The van der Waals surface area contributed by atoms with Gasteiger partial charge in [0.25, 0.3) is 11.5 Å². The molecule has 178 valence electrons. The molecular weight excluding hydrogens is 485 g/mol. The van der Waals surface area contributed by atoms with Crippen LogP contribution in [0.4, 0.5) is 18.9 Å². The quantitative estimate of drug-likeness (QED) is 0.277. The van der Waals surface area contributed by atoms with E-state index in [0.717, 1.165) is 21.3 Å². The van der Waals surface area contributed by atoms with Crippen LogP contribution in [0.1, 0.15) is 10.4 Å². The van der Waals surface area contributed by atoms with Gasteiger partial charge in [-0.25, -0.2) is 4.79 Å². The third-order valence-electron chi connectivity index (χ3n) is 4.80. The summed E-state index contributed by atoms with van der Waals surface area (Å²) in [7, 11) is 0. The van der Waals surface area contributed by atoms with Crippen molar-refractivity contribution in [2.75, 3.05) is 5.32 Å². The summed E-state index contributed by atoms with van der Waals surface area (Å²) in [5.74, 6) is -3.21. The predicted octanol–water partition coefficient (Wildman–Crippen LogP) is 5.02. The summed E-state index contributed by atoms with van der Waals surface area (Å²) in [6.07, 6.45) is -1.87. The van der Waals surface area contributed by atoms with Crippen molar-refractivity contribution in [1.82, 2.24) is 15.2 Å². The summed E-state index contributed by atoms with van der Waals surface area (Å²) in [4.78, 5) is 36.9. The number of nitrogens with one attached hydrogen (secondary N) is 3. The number of carboxylic acid groups (broad SMARTS) is 1. The van der Waals surface area contributed by atoms with E-state index in [1.54, 1.807) is 23.6 Å². The minimum atomic E-state index is -5.08. The molecule has 0 saturated heterocycles. The van der Waals surface area contributed by atoms with Gasteiger partial charge in [-0.05, 0) is 41.8 Å². The molecule has 4 N–H and O–H groups in total. The monoisotopic (exact) mass is 500 g/mol. The van der Waals surface area contributed by atoms with Gasteiger partial charge in [0.15, 0.2) is 0 Å². The molecule has 0 bridgehead atoms. The summed E-state index contributed by atoms with van der Waals surface area (Å²) in [5, 5.41) is 19.2.